The molecule has 2 rings (SSSR count). The van der Waals surface area contributed by atoms with Crippen LogP contribution in [0.3, 0.4) is 0 Å². The zero-order valence-electron chi connectivity index (χ0n) is 11.0. The normalized spacial score (nSPS) is 17.3. The maximum absolute atomic E-state index is 11.9. The zero-order chi connectivity index (χ0) is 13.8. The van der Waals surface area contributed by atoms with Crippen LogP contribution in [0, 0.1) is 5.92 Å². The number of ether oxygens (including phenoxy) is 1. The summed E-state index contributed by atoms with van der Waals surface area (Å²) < 4.78 is 5.58. The number of fused-ring (bicyclic) bond motifs is 1. The molecule has 19 heavy (non-hydrogen) atoms. The van der Waals surface area contributed by atoms with E-state index in [9.17, 15) is 9.59 Å². The van der Waals surface area contributed by atoms with Crippen molar-refractivity contribution in [1.29, 1.82) is 0 Å². The van der Waals surface area contributed by atoms with E-state index in [1.165, 1.54) is 0 Å². The van der Waals surface area contributed by atoms with Gasteiger partial charge >= 0.3 is 5.97 Å². The SMILES string of the molecule is CCCCCOc1ccc2c(c1)C(=O)C(C(=O)O)C2. The molecule has 0 heterocycles. The van der Waals surface area contributed by atoms with E-state index in [2.05, 4.69) is 6.92 Å². The minimum Gasteiger partial charge on any atom is -0.494 e. The highest BCUT2D eigenvalue weighted by Gasteiger charge is 2.35. The predicted octanol–water partition coefficient (Wildman–Crippen LogP) is 2.70. The molecule has 0 spiro atoms. The monoisotopic (exact) mass is 262 g/mol. The summed E-state index contributed by atoms with van der Waals surface area (Å²) in [4.78, 5) is 22.9. The second-order valence-electron chi connectivity index (χ2n) is 4.83. The second-order valence-corrected chi connectivity index (χ2v) is 4.83. The molecule has 102 valence electrons. The molecule has 1 N–H and O–H groups in total. The van der Waals surface area contributed by atoms with Gasteiger partial charge in [-0.25, -0.2) is 0 Å². The van der Waals surface area contributed by atoms with Gasteiger partial charge in [0, 0.05) is 5.56 Å². The minimum atomic E-state index is -1.05. The Kier molecular flexibility index (Phi) is 4.20. The van der Waals surface area contributed by atoms with E-state index in [4.69, 9.17) is 9.84 Å². The molecule has 0 fully saturated rings. The zero-order valence-corrected chi connectivity index (χ0v) is 11.0. The molecule has 1 aromatic carbocycles. The first-order valence-electron chi connectivity index (χ1n) is 6.66. The van der Waals surface area contributed by atoms with E-state index < -0.39 is 11.9 Å². The fourth-order valence-corrected chi connectivity index (χ4v) is 2.29. The molecule has 1 unspecified atom stereocenters. The van der Waals surface area contributed by atoms with Crippen molar-refractivity contribution >= 4 is 11.8 Å². The van der Waals surface area contributed by atoms with Crippen LogP contribution in [0.1, 0.15) is 42.1 Å². The van der Waals surface area contributed by atoms with Crippen molar-refractivity contribution in [3.63, 3.8) is 0 Å². The van der Waals surface area contributed by atoms with Gasteiger partial charge < -0.3 is 9.84 Å². The first-order chi connectivity index (χ1) is 9.13. The van der Waals surface area contributed by atoms with Gasteiger partial charge in [0.1, 0.15) is 11.7 Å². The highest BCUT2D eigenvalue weighted by molar-refractivity contribution is 6.12. The first kappa shape index (κ1) is 13.6. The van der Waals surface area contributed by atoms with Crippen molar-refractivity contribution in [2.75, 3.05) is 6.61 Å². The third-order valence-corrected chi connectivity index (χ3v) is 3.40. The summed E-state index contributed by atoms with van der Waals surface area (Å²) in [6.07, 6.45) is 3.52. The van der Waals surface area contributed by atoms with Crippen LogP contribution < -0.4 is 4.74 Å². The van der Waals surface area contributed by atoms with Crippen LogP contribution in [-0.2, 0) is 11.2 Å². The van der Waals surface area contributed by atoms with Crippen molar-refractivity contribution in [3.8, 4) is 5.75 Å². The molecule has 0 radical (unpaired) electrons. The number of Topliss-reactive ketones (excluding diaryl/α,β-unsaturated/α-hetero) is 1. The molecular formula is C15H18O4. The average Bonchev–Trinajstić information content (AvgIpc) is 2.72. The molecule has 0 saturated carbocycles. The van der Waals surface area contributed by atoms with E-state index in [1.54, 1.807) is 12.1 Å². The standard InChI is InChI=1S/C15H18O4/c1-2-3-4-7-19-11-6-5-10-8-13(15(17)18)14(16)12(10)9-11/h5-6,9,13H,2-4,7-8H2,1H3,(H,17,18). The summed E-state index contributed by atoms with van der Waals surface area (Å²) >= 11 is 0. The van der Waals surface area contributed by atoms with Crippen LogP contribution in [0.5, 0.6) is 5.75 Å². The number of rotatable bonds is 6. The third kappa shape index (κ3) is 2.95. The van der Waals surface area contributed by atoms with Crippen LogP contribution in [0.4, 0.5) is 0 Å². The van der Waals surface area contributed by atoms with E-state index in [-0.39, 0.29) is 5.78 Å². The van der Waals surface area contributed by atoms with Crippen molar-refractivity contribution in [2.24, 2.45) is 5.92 Å². The van der Waals surface area contributed by atoms with Gasteiger partial charge in [-0.15, -0.1) is 0 Å². The fourth-order valence-electron chi connectivity index (χ4n) is 2.29. The van der Waals surface area contributed by atoms with Crippen LogP contribution in [-0.4, -0.2) is 23.5 Å². The van der Waals surface area contributed by atoms with Crippen LogP contribution >= 0.6 is 0 Å². The minimum absolute atomic E-state index is 0.291. The Morgan fingerprint density at radius 2 is 2.21 bits per heavy atom. The van der Waals surface area contributed by atoms with Gasteiger partial charge in [-0.05, 0) is 30.5 Å². The fraction of sp³-hybridized carbons (Fsp3) is 0.467. The Morgan fingerprint density at radius 1 is 1.42 bits per heavy atom. The number of carboxylic acids is 1. The molecule has 1 aliphatic rings. The lowest BCUT2D eigenvalue weighted by molar-refractivity contribution is -0.139. The number of carbonyl (C=O) groups is 2. The number of hydrogen-bond acceptors (Lipinski definition) is 3. The quantitative estimate of drug-likeness (QED) is 0.632. The molecule has 1 aromatic rings. The van der Waals surface area contributed by atoms with E-state index in [1.807, 2.05) is 6.07 Å². The van der Waals surface area contributed by atoms with Crippen LogP contribution in [0.15, 0.2) is 18.2 Å². The Labute approximate surface area is 112 Å². The number of ketones is 1. The molecule has 0 aliphatic heterocycles. The molecule has 0 amide bonds. The van der Waals surface area contributed by atoms with Gasteiger partial charge in [-0.3, -0.25) is 9.59 Å². The van der Waals surface area contributed by atoms with E-state index in [0.29, 0.717) is 24.3 Å². The summed E-state index contributed by atoms with van der Waals surface area (Å²) in [6.45, 7) is 2.75. The van der Waals surface area contributed by atoms with Crippen LogP contribution in [0.25, 0.3) is 0 Å². The number of aliphatic carboxylic acids is 1. The van der Waals surface area contributed by atoms with Crippen molar-refractivity contribution in [3.05, 3.63) is 29.3 Å². The topological polar surface area (TPSA) is 63.6 Å². The molecule has 1 aliphatic carbocycles. The van der Waals surface area contributed by atoms with Crippen molar-refractivity contribution < 1.29 is 19.4 Å². The molecule has 4 heteroatoms. The number of carbonyl (C=O) groups excluding carboxylic acids is 1. The Balaban J connectivity index is 2.05. The molecular weight excluding hydrogens is 244 g/mol. The maximum Gasteiger partial charge on any atom is 0.314 e. The van der Waals surface area contributed by atoms with Gasteiger partial charge in [0.15, 0.2) is 5.78 Å². The third-order valence-electron chi connectivity index (χ3n) is 3.40. The lowest BCUT2D eigenvalue weighted by atomic mass is 10.1. The second kappa shape index (κ2) is 5.87. The van der Waals surface area contributed by atoms with Crippen molar-refractivity contribution in [1.82, 2.24) is 0 Å². The summed E-state index contributed by atoms with van der Waals surface area (Å²) in [5, 5.41) is 8.97. The first-order valence-corrected chi connectivity index (χ1v) is 6.66. The number of carboxylic acid groups (broad SMARTS) is 1. The van der Waals surface area contributed by atoms with Gasteiger partial charge in [0.25, 0.3) is 0 Å². The van der Waals surface area contributed by atoms with Gasteiger partial charge in [0.2, 0.25) is 0 Å². The lowest BCUT2D eigenvalue weighted by Gasteiger charge is -2.07. The molecule has 4 nitrogen and oxygen atoms in total. The summed E-state index contributed by atoms with van der Waals surface area (Å²) in [5.74, 6) is -1.63. The maximum atomic E-state index is 11.9. The number of hydrogen-bond donors (Lipinski definition) is 1. The van der Waals surface area contributed by atoms with E-state index in [0.717, 1.165) is 24.8 Å². The number of unbranched alkanes of at least 4 members (excludes halogenated alkanes) is 2. The van der Waals surface area contributed by atoms with Gasteiger partial charge in [0.05, 0.1) is 6.61 Å². The van der Waals surface area contributed by atoms with E-state index >= 15 is 0 Å². The molecule has 1 atom stereocenters. The Bertz CT molecular complexity index is 493. The summed E-state index contributed by atoms with van der Waals surface area (Å²) in [7, 11) is 0. The number of benzene rings is 1. The highest BCUT2D eigenvalue weighted by atomic mass is 16.5. The van der Waals surface area contributed by atoms with Gasteiger partial charge in [-0.2, -0.15) is 0 Å². The Hall–Kier alpha value is -1.84. The molecule has 0 aromatic heterocycles. The smallest absolute Gasteiger partial charge is 0.314 e. The summed E-state index contributed by atoms with van der Waals surface area (Å²) in [6, 6.07) is 5.28. The van der Waals surface area contributed by atoms with Gasteiger partial charge in [-0.1, -0.05) is 25.8 Å². The lowest BCUT2D eigenvalue weighted by Crippen LogP contribution is -2.19. The molecule has 0 saturated heterocycles. The largest absolute Gasteiger partial charge is 0.494 e. The predicted molar refractivity (Wildman–Crippen MR) is 70.6 cm³/mol. The highest BCUT2D eigenvalue weighted by Crippen LogP contribution is 2.30. The molecule has 0 bridgehead atoms. The van der Waals surface area contributed by atoms with Crippen molar-refractivity contribution in [2.45, 2.75) is 32.6 Å². The van der Waals surface area contributed by atoms with Crippen LogP contribution in [0.2, 0.25) is 0 Å². The summed E-state index contributed by atoms with van der Waals surface area (Å²) in [5.41, 5.74) is 1.30. The Morgan fingerprint density at radius 3 is 2.89 bits per heavy atom. The average molecular weight is 262 g/mol.